The zero-order chi connectivity index (χ0) is 13.0. The smallest absolute Gasteiger partial charge is 0.234 e. The summed E-state index contributed by atoms with van der Waals surface area (Å²) >= 11 is 0. The molecule has 0 aromatic heterocycles. The molecule has 3 rings (SSSR count). The topological polar surface area (TPSA) is 43.4 Å². The van der Waals surface area contributed by atoms with Crippen molar-refractivity contribution in [3.63, 3.8) is 0 Å². The Bertz CT molecular complexity index is 623. The minimum absolute atomic E-state index is 0.247. The first-order chi connectivity index (χ1) is 8.52. The number of Topliss-reactive ketones (excluding diaryl/α,β-unsaturated/α-hetero) is 2. The van der Waals surface area contributed by atoms with E-state index in [0.29, 0.717) is 23.5 Å². The number of ketones is 2. The first kappa shape index (κ1) is 11.2. The van der Waals surface area contributed by atoms with E-state index < -0.39 is 11.6 Å². The SMILES string of the molecule is CC1=C2OC[C@@H](C)c3ccc(C)c(c32)C(=O)C1=O. The Morgan fingerprint density at radius 2 is 1.83 bits per heavy atom. The van der Waals surface area contributed by atoms with Gasteiger partial charge in [0.05, 0.1) is 6.61 Å². The number of carbonyl (C=O) groups excluding carboxylic acids is 2. The number of benzene rings is 1. The lowest BCUT2D eigenvalue weighted by Gasteiger charge is -2.31. The second kappa shape index (κ2) is 3.55. The van der Waals surface area contributed by atoms with Crippen LogP contribution < -0.4 is 0 Å². The molecule has 1 aliphatic heterocycles. The van der Waals surface area contributed by atoms with Gasteiger partial charge in [-0.05, 0) is 25.0 Å². The van der Waals surface area contributed by atoms with E-state index in [0.717, 1.165) is 16.7 Å². The molecular formula is C15H14O3. The Kier molecular flexibility index (Phi) is 2.21. The molecule has 1 aromatic rings. The number of allylic oxidation sites excluding steroid dienone is 1. The molecule has 0 saturated carbocycles. The van der Waals surface area contributed by atoms with Crippen LogP contribution in [0.1, 0.15) is 46.8 Å². The van der Waals surface area contributed by atoms with Gasteiger partial charge in [-0.15, -0.1) is 0 Å². The first-order valence-corrected chi connectivity index (χ1v) is 6.09. The molecule has 1 aromatic carbocycles. The summed E-state index contributed by atoms with van der Waals surface area (Å²) in [5.41, 5.74) is 3.76. The molecule has 3 heteroatoms. The summed E-state index contributed by atoms with van der Waals surface area (Å²) in [5, 5.41) is 0. The van der Waals surface area contributed by atoms with Crippen LogP contribution in [0.5, 0.6) is 0 Å². The van der Waals surface area contributed by atoms with Crippen molar-refractivity contribution in [1.82, 2.24) is 0 Å². The van der Waals surface area contributed by atoms with Crippen molar-refractivity contribution >= 4 is 17.3 Å². The molecule has 0 unspecified atom stereocenters. The Balaban J connectivity index is 2.44. The Labute approximate surface area is 105 Å². The number of ether oxygens (including phenoxy) is 1. The largest absolute Gasteiger partial charge is 0.492 e. The van der Waals surface area contributed by atoms with Crippen molar-refractivity contribution in [3.05, 3.63) is 40.0 Å². The molecule has 3 nitrogen and oxygen atoms in total. The summed E-state index contributed by atoms with van der Waals surface area (Å²) in [6.07, 6.45) is 0. The lowest BCUT2D eigenvalue weighted by Crippen LogP contribution is -2.29. The predicted octanol–water partition coefficient (Wildman–Crippen LogP) is 2.63. The van der Waals surface area contributed by atoms with Crippen LogP contribution in [0.2, 0.25) is 0 Å². The van der Waals surface area contributed by atoms with E-state index in [9.17, 15) is 9.59 Å². The fourth-order valence-corrected chi connectivity index (χ4v) is 2.72. The van der Waals surface area contributed by atoms with Crippen molar-refractivity contribution in [2.24, 2.45) is 0 Å². The third kappa shape index (κ3) is 1.24. The highest BCUT2D eigenvalue weighted by Crippen LogP contribution is 2.41. The maximum absolute atomic E-state index is 12.2. The van der Waals surface area contributed by atoms with Crippen LogP contribution in [-0.2, 0) is 9.53 Å². The van der Waals surface area contributed by atoms with Crippen molar-refractivity contribution in [2.45, 2.75) is 26.7 Å². The molecule has 1 aliphatic carbocycles. The number of hydrogen-bond acceptors (Lipinski definition) is 3. The lowest BCUT2D eigenvalue weighted by molar-refractivity contribution is -0.112. The maximum Gasteiger partial charge on any atom is 0.234 e. The molecule has 0 saturated heterocycles. The fraction of sp³-hybridized carbons (Fsp3) is 0.333. The molecule has 1 heterocycles. The third-order valence-electron chi connectivity index (χ3n) is 3.80. The predicted molar refractivity (Wildman–Crippen MR) is 67.5 cm³/mol. The van der Waals surface area contributed by atoms with Crippen molar-refractivity contribution in [1.29, 1.82) is 0 Å². The summed E-state index contributed by atoms with van der Waals surface area (Å²) in [6, 6.07) is 3.96. The molecular weight excluding hydrogens is 228 g/mol. The van der Waals surface area contributed by atoms with Crippen LogP contribution in [0.3, 0.4) is 0 Å². The van der Waals surface area contributed by atoms with Gasteiger partial charge < -0.3 is 4.74 Å². The van der Waals surface area contributed by atoms with E-state index in [1.807, 2.05) is 19.1 Å². The van der Waals surface area contributed by atoms with Crippen LogP contribution in [0.25, 0.3) is 5.76 Å². The van der Waals surface area contributed by atoms with E-state index in [2.05, 4.69) is 6.92 Å². The molecule has 0 N–H and O–H groups in total. The second-order valence-electron chi connectivity index (χ2n) is 5.05. The highest BCUT2D eigenvalue weighted by Gasteiger charge is 2.37. The zero-order valence-electron chi connectivity index (χ0n) is 10.7. The van der Waals surface area contributed by atoms with E-state index in [1.165, 1.54) is 0 Å². The molecule has 18 heavy (non-hydrogen) atoms. The fourth-order valence-electron chi connectivity index (χ4n) is 2.72. The van der Waals surface area contributed by atoms with Gasteiger partial charge in [0.25, 0.3) is 0 Å². The summed E-state index contributed by atoms with van der Waals surface area (Å²) in [7, 11) is 0. The summed E-state index contributed by atoms with van der Waals surface area (Å²) in [6.45, 7) is 6.15. The van der Waals surface area contributed by atoms with Gasteiger partial charge in [-0.3, -0.25) is 9.59 Å². The molecule has 0 spiro atoms. The van der Waals surface area contributed by atoms with Gasteiger partial charge in [-0.1, -0.05) is 19.1 Å². The quantitative estimate of drug-likeness (QED) is 0.657. The monoisotopic (exact) mass is 242 g/mol. The standard InChI is InChI=1S/C15H14O3/c1-7-4-5-10-8(2)6-18-15-9(3)13(16)14(17)11(7)12(10)15/h4-5,8H,6H2,1-3H3/t8-/m1/s1. The van der Waals surface area contributed by atoms with E-state index in [-0.39, 0.29) is 5.92 Å². The van der Waals surface area contributed by atoms with Crippen molar-refractivity contribution in [3.8, 4) is 0 Å². The highest BCUT2D eigenvalue weighted by atomic mass is 16.5. The Morgan fingerprint density at radius 1 is 1.11 bits per heavy atom. The first-order valence-electron chi connectivity index (χ1n) is 6.09. The minimum Gasteiger partial charge on any atom is -0.492 e. The van der Waals surface area contributed by atoms with E-state index in [1.54, 1.807) is 6.92 Å². The van der Waals surface area contributed by atoms with Crippen LogP contribution in [-0.4, -0.2) is 18.2 Å². The molecule has 92 valence electrons. The van der Waals surface area contributed by atoms with Gasteiger partial charge in [0.15, 0.2) is 0 Å². The number of hydrogen-bond donors (Lipinski definition) is 0. The number of rotatable bonds is 0. The van der Waals surface area contributed by atoms with Crippen LogP contribution in [0, 0.1) is 6.92 Å². The third-order valence-corrected chi connectivity index (χ3v) is 3.80. The zero-order valence-corrected chi connectivity index (χ0v) is 10.7. The van der Waals surface area contributed by atoms with Crippen LogP contribution >= 0.6 is 0 Å². The Morgan fingerprint density at radius 3 is 2.56 bits per heavy atom. The second-order valence-corrected chi connectivity index (χ2v) is 5.05. The van der Waals surface area contributed by atoms with Crippen molar-refractivity contribution < 1.29 is 14.3 Å². The molecule has 1 atom stereocenters. The van der Waals surface area contributed by atoms with Crippen molar-refractivity contribution in [2.75, 3.05) is 6.61 Å². The molecule has 0 amide bonds. The average Bonchev–Trinajstić information content (AvgIpc) is 2.35. The average molecular weight is 242 g/mol. The normalized spacial score (nSPS) is 21.8. The van der Waals surface area contributed by atoms with Gasteiger partial charge in [0.1, 0.15) is 5.76 Å². The molecule has 0 fully saturated rings. The van der Waals surface area contributed by atoms with Gasteiger partial charge >= 0.3 is 0 Å². The van der Waals surface area contributed by atoms with Crippen LogP contribution in [0.4, 0.5) is 0 Å². The van der Waals surface area contributed by atoms with Gasteiger partial charge in [-0.2, -0.15) is 0 Å². The number of aryl methyl sites for hydroxylation is 1. The minimum atomic E-state index is -0.438. The summed E-state index contributed by atoms with van der Waals surface area (Å²) in [5.74, 6) is 0.0129. The maximum atomic E-state index is 12.2. The van der Waals surface area contributed by atoms with Gasteiger partial charge in [0.2, 0.25) is 11.6 Å². The Hall–Kier alpha value is -1.90. The summed E-state index contributed by atoms with van der Waals surface area (Å²) < 4.78 is 5.69. The van der Waals surface area contributed by atoms with Gasteiger partial charge in [-0.25, -0.2) is 0 Å². The van der Waals surface area contributed by atoms with E-state index >= 15 is 0 Å². The molecule has 0 radical (unpaired) electrons. The molecule has 2 aliphatic rings. The van der Waals surface area contributed by atoms with Crippen LogP contribution in [0.15, 0.2) is 17.7 Å². The highest BCUT2D eigenvalue weighted by molar-refractivity contribution is 6.52. The van der Waals surface area contributed by atoms with Gasteiger partial charge in [0, 0.05) is 22.6 Å². The number of carbonyl (C=O) groups is 2. The van der Waals surface area contributed by atoms with E-state index in [4.69, 9.17) is 4.74 Å². The molecule has 0 bridgehead atoms. The summed E-state index contributed by atoms with van der Waals surface area (Å²) in [4.78, 5) is 24.1. The lowest BCUT2D eigenvalue weighted by atomic mass is 9.79.